The van der Waals surface area contributed by atoms with Gasteiger partial charge in [-0.1, -0.05) is 0 Å². The summed E-state index contributed by atoms with van der Waals surface area (Å²) in [5, 5.41) is 3.26. The monoisotopic (exact) mass is 156 g/mol. The average molecular weight is 156 g/mol. The molecule has 0 spiro atoms. The van der Waals surface area contributed by atoms with Crippen LogP contribution in [0.4, 0.5) is 0 Å². The van der Waals surface area contributed by atoms with Crippen molar-refractivity contribution in [2.75, 3.05) is 20.2 Å². The van der Waals surface area contributed by atoms with E-state index < -0.39 is 0 Å². The van der Waals surface area contributed by atoms with Crippen molar-refractivity contribution in [2.24, 2.45) is 0 Å². The Morgan fingerprint density at radius 3 is 2.91 bits per heavy atom. The van der Waals surface area contributed by atoms with Crippen LogP contribution in [0.5, 0.6) is 0 Å². The van der Waals surface area contributed by atoms with Gasteiger partial charge in [0.1, 0.15) is 0 Å². The first-order valence-electron chi connectivity index (χ1n) is 4.36. The Bertz CT molecular complexity index is 151. The maximum absolute atomic E-state index is 5.51. The molecule has 0 aromatic heterocycles. The Labute approximate surface area is 67.7 Å². The Morgan fingerprint density at radius 2 is 2.45 bits per heavy atom. The summed E-state index contributed by atoms with van der Waals surface area (Å²) in [6.07, 6.45) is 2.27. The highest BCUT2D eigenvalue weighted by atomic mass is 16.5. The van der Waals surface area contributed by atoms with Crippen molar-refractivity contribution in [3.8, 4) is 0 Å². The van der Waals surface area contributed by atoms with Crippen molar-refractivity contribution in [3.05, 3.63) is 0 Å². The first-order chi connectivity index (χ1) is 5.31. The van der Waals surface area contributed by atoms with E-state index in [9.17, 15) is 0 Å². The Kier molecular flexibility index (Phi) is 1.87. The number of hydrogen-bond acceptors (Lipinski definition) is 3. The van der Waals surface area contributed by atoms with Crippen LogP contribution in [0, 0.1) is 0 Å². The molecular formula is C8H16N2O. The topological polar surface area (TPSA) is 24.5 Å². The first kappa shape index (κ1) is 7.53. The number of ether oxygens (including phenoxy) is 1. The second-order valence-electron chi connectivity index (χ2n) is 3.51. The van der Waals surface area contributed by atoms with Gasteiger partial charge in [0.05, 0.1) is 18.9 Å². The molecule has 2 saturated heterocycles. The van der Waals surface area contributed by atoms with Gasteiger partial charge in [-0.05, 0) is 20.4 Å². The SMILES string of the molecule is CNC(C)N1CC2CC1CO2. The minimum atomic E-state index is 0.508. The van der Waals surface area contributed by atoms with E-state index >= 15 is 0 Å². The summed E-state index contributed by atoms with van der Waals surface area (Å²) in [6, 6.07) is 0.683. The zero-order chi connectivity index (χ0) is 7.84. The van der Waals surface area contributed by atoms with Crippen LogP contribution in [-0.4, -0.2) is 43.4 Å². The molecule has 0 aromatic rings. The minimum Gasteiger partial charge on any atom is -0.375 e. The average Bonchev–Trinajstić information content (AvgIpc) is 2.62. The lowest BCUT2D eigenvalue weighted by Gasteiger charge is -2.31. The van der Waals surface area contributed by atoms with Crippen LogP contribution in [0.1, 0.15) is 13.3 Å². The van der Waals surface area contributed by atoms with Crippen LogP contribution in [-0.2, 0) is 4.74 Å². The van der Waals surface area contributed by atoms with Gasteiger partial charge in [0, 0.05) is 12.6 Å². The van der Waals surface area contributed by atoms with E-state index in [4.69, 9.17) is 4.74 Å². The third kappa shape index (κ3) is 1.17. The zero-order valence-electron chi connectivity index (χ0n) is 7.21. The van der Waals surface area contributed by atoms with Crippen LogP contribution in [0.3, 0.4) is 0 Å². The van der Waals surface area contributed by atoms with E-state index in [0.29, 0.717) is 18.3 Å². The standard InChI is InChI=1S/C8H16N2O/c1-6(9-2)10-4-8-3-7(10)5-11-8/h6-9H,3-5H2,1-2H3. The van der Waals surface area contributed by atoms with Crippen LogP contribution in [0.15, 0.2) is 0 Å². The van der Waals surface area contributed by atoms with Gasteiger partial charge in [-0.25, -0.2) is 0 Å². The van der Waals surface area contributed by atoms with Gasteiger partial charge in [-0.3, -0.25) is 4.90 Å². The smallest absolute Gasteiger partial charge is 0.0719 e. The van der Waals surface area contributed by atoms with Crippen molar-refractivity contribution in [1.82, 2.24) is 10.2 Å². The maximum Gasteiger partial charge on any atom is 0.0719 e. The third-order valence-electron chi connectivity index (χ3n) is 2.86. The number of fused-ring (bicyclic) bond motifs is 2. The predicted octanol–water partition coefficient (Wildman–Crippen LogP) is 0.0249. The predicted molar refractivity (Wildman–Crippen MR) is 43.4 cm³/mol. The molecule has 3 atom stereocenters. The van der Waals surface area contributed by atoms with E-state index in [0.717, 1.165) is 13.2 Å². The Hall–Kier alpha value is -0.120. The van der Waals surface area contributed by atoms with E-state index in [-0.39, 0.29) is 0 Å². The summed E-state index contributed by atoms with van der Waals surface area (Å²) in [7, 11) is 2.01. The largest absolute Gasteiger partial charge is 0.375 e. The second-order valence-corrected chi connectivity index (χ2v) is 3.51. The summed E-state index contributed by atoms with van der Waals surface area (Å²) in [5.41, 5.74) is 0. The highest BCUT2D eigenvalue weighted by molar-refractivity contribution is 4.92. The molecule has 2 aliphatic rings. The highest BCUT2D eigenvalue weighted by Gasteiger charge is 2.40. The first-order valence-corrected chi connectivity index (χ1v) is 4.36. The summed E-state index contributed by atoms with van der Waals surface area (Å²) in [6.45, 7) is 4.27. The molecule has 11 heavy (non-hydrogen) atoms. The van der Waals surface area contributed by atoms with Gasteiger partial charge in [-0.2, -0.15) is 0 Å². The van der Waals surface area contributed by atoms with Gasteiger partial charge >= 0.3 is 0 Å². The third-order valence-corrected chi connectivity index (χ3v) is 2.86. The fraction of sp³-hybridized carbons (Fsp3) is 1.00. The number of nitrogens with zero attached hydrogens (tertiary/aromatic N) is 1. The molecule has 2 heterocycles. The Morgan fingerprint density at radius 1 is 1.64 bits per heavy atom. The van der Waals surface area contributed by atoms with E-state index in [1.807, 2.05) is 7.05 Å². The summed E-state index contributed by atoms with van der Waals surface area (Å²) in [5.74, 6) is 0. The summed E-state index contributed by atoms with van der Waals surface area (Å²) >= 11 is 0. The molecule has 1 N–H and O–H groups in total. The van der Waals surface area contributed by atoms with Crippen LogP contribution < -0.4 is 5.32 Å². The fourth-order valence-corrected chi connectivity index (χ4v) is 2.07. The van der Waals surface area contributed by atoms with Gasteiger partial charge in [0.25, 0.3) is 0 Å². The van der Waals surface area contributed by atoms with Crippen molar-refractivity contribution in [3.63, 3.8) is 0 Å². The molecule has 3 nitrogen and oxygen atoms in total. The molecule has 0 amide bonds. The van der Waals surface area contributed by atoms with Gasteiger partial charge in [0.15, 0.2) is 0 Å². The van der Waals surface area contributed by atoms with Crippen LogP contribution in [0.2, 0.25) is 0 Å². The normalized spacial score (nSPS) is 39.8. The van der Waals surface area contributed by atoms with Gasteiger partial charge in [-0.15, -0.1) is 0 Å². The van der Waals surface area contributed by atoms with Crippen molar-refractivity contribution in [2.45, 2.75) is 31.7 Å². The molecule has 3 heteroatoms. The van der Waals surface area contributed by atoms with Gasteiger partial charge in [0.2, 0.25) is 0 Å². The molecule has 0 radical (unpaired) electrons. The molecule has 2 aliphatic heterocycles. The molecule has 0 saturated carbocycles. The molecular weight excluding hydrogens is 140 g/mol. The summed E-state index contributed by atoms with van der Waals surface area (Å²) < 4.78 is 5.51. The molecule has 64 valence electrons. The molecule has 3 unspecified atom stereocenters. The molecule has 0 aromatic carbocycles. The van der Waals surface area contributed by atoms with E-state index in [1.165, 1.54) is 6.42 Å². The van der Waals surface area contributed by atoms with Gasteiger partial charge < -0.3 is 10.1 Å². The lowest BCUT2D eigenvalue weighted by Crippen LogP contribution is -2.48. The molecule has 2 bridgehead atoms. The number of morpholine rings is 1. The van der Waals surface area contributed by atoms with Crippen LogP contribution >= 0.6 is 0 Å². The number of nitrogens with one attached hydrogen (secondary N) is 1. The quantitative estimate of drug-likeness (QED) is 0.610. The molecule has 0 aliphatic carbocycles. The number of rotatable bonds is 2. The van der Waals surface area contributed by atoms with E-state index in [2.05, 4.69) is 17.1 Å². The number of hydrogen-bond donors (Lipinski definition) is 1. The lowest BCUT2D eigenvalue weighted by atomic mass is 10.2. The number of likely N-dealkylation sites (tertiary alicyclic amines) is 1. The van der Waals surface area contributed by atoms with Crippen molar-refractivity contribution in [1.29, 1.82) is 0 Å². The highest BCUT2D eigenvalue weighted by Crippen LogP contribution is 2.28. The second kappa shape index (κ2) is 2.73. The minimum absolute atomic E-state index is 0.508. The fourth-order valence-electron chi connectivity index (χ4n) is 2.07. The maximum atomic E-state index is 5.51. The van der Waals surface area contributed by atoms with Crippen LogP contribution in [0.25, 0.3) is 0 Å². The van der Waals surface area contributed by atoms with Crippen molar-refractivity contribution < 1.29 is 4.74 Å². The van der Waals surface area contributed by atoms with E-state index in [1.54, 1.807) is 0 Å². The van der Waals surface area contributed by atoms with Crippen molar-refractivity contribution >= 4 is 0 Å². The summed E-state index contributed by atoms with van der Waals surface area (Å²) in [4.78, 5) is 2.49. The lowest BCUT2D eigenvalue weighted by molar-refractivity contribution is 0.00974. The molecule has 2 fully saturated rings. The zero-order valence-corrected chi connectivity index (χ0v) is 7.21. The molecule has 2 rings (SSSR count). The Balaban J connectivity index is 1.96.